The van der Waals surface area contributed by atoms with Crippen LogP contribution in [-0.2, 0) is 4.74 Å². The molecule has 0 bridgehead atoms. The zero-order chi connectivity index (χ0) is 27.0. The Morgan fingerprint density at radius 2 is 1.77 bits per heavy atom. The van der Waals surface area contributed by atoms with Crippen LogP contribution in [0, 0.1) is 6.92 Å². The number of urea groups is 1. The van der Waals surface area contributed by atoms with Gasteiger partial charge in [0.2, 0.25) is 0 Å². The van der Waals surface area contributed by atoms with Gasteiger partial charge in [0.05, 0.1) is 31.2 Å². The van der Waals surface area contributed by atoms with E-state index in [9.17, 15) is 4.79 Å². The second kappa shape index (κ2) is 13.2. The molecule has 1 saturated heterocycles. The summed E-state index contributed by atoms with van der Waals surface area (Å²) < 4.78 is 12.2. The van der Waals surface area contributed by atoms with Gasteiger partial charge in [-0.3, -0.25) is 4.90 Å². The highest BCUT2D eigenvalue weighted by molar-refractivity contribution is 9.10. The van der Waals surface area contributed by atoms with Gasteiger partial charge in [-0.25, -0.2) is 9.78 Å². The van der Waals surface area contributed by atoms with Crippen molar-refractivity contribution in [2.75, 3.05) is 50.1 Å². The lowest BCUT2D eigenvalue weighted by Gasteiger charge is -2.26. The third-order valence-electron chi connectivity index (χ3n) is 6.41. The van der Waals surface area contributed by atoms with E-state index in [0.29, 0.717) is 18.0 Å². The average Bonchev–Trinajstić information content (AvgIpc) is 3.44. The predicted octanol–water partition coefficient (Wildman–Crippen LogP) is 7.29. The van der Waals surface area contributed by atoms with Gasteiger partial charge >= 0.3 is 6.03 Å². The van der Waals surface area contributed by atoms with Crippen LogP contribution in [0.1, 0.15) is 12.0 Å². The molecule has 202 valence electrons. The van der Waals surface area contributed by atoms with Crippen molar-refractivity contribution in [3.63, 3.8) is 0 Å². The van der Waals surface area contributed by atoms with E-state index in [1.807, 2.05) is 61.5 Å². The van der Waals surface area contributed by atoms with Crippen molar-refractivity contribution in [1.29, 1.82) is 0 Å². The second-order valence-electron chi connectivity index (χ2n) is 9.36. The molecule has 0 unspecified atom stereocenters. The summed E-state index contributed by atoms with van der Waals surface area (Å²) in [6.07, 6.45) is 1.00. The van der Waals surface area contributed by atoms with Crippen molar-refractivity contribution >= 4 is 44.7 Å². The van der Waals surface area contributed by atoms with E-state index in [4.69, 9.17) is 14.5 Å². The largest absolute Gasteiger partial charge is 0.494 e. The number of ether oxygens (including phenoxy) is 2. The fourth-order valence-corrected chi connectivity index (χ4v) is 5.69. The fraction of sp³-hybridized carbons (Fsp3) is 0.267. The molecule has 39 heavy (non-hydrogen) atoms. The Morgan fingerprint density at radius 3 is 2.51 bits per heavy atom. The van der Waals surface area contributed by atoms with Crippen molar-refractivity contribution in [3.8, 4) is 27.6 Å². The van der Waals surface area contributed by atoms with Gasteiger partial charge in [0, 0.05) is 46.3 Å². The number of aryl methyl sites for hydroxylation is 1. The Hall–Kier alpha value is -3.24. The molecule has 0 aliphatic carbocycles. The summed E-state index contributed by atoms with van der Waals surface area (Å²) in [5, 5.41) is 8.74. The second-order valence-corrected chi connectivity index (χ2v) is 11.1. The topological polar surface area (TPSA) is 75.7 Å². The van der Waals surface area contributed by atoms with Crippen molar-refractivity contribution in [2.45, 2.75) is 13.3 Å². The number of morpholine rings is 1. The summed E-state index contributed by atoms with van der Waals surface area (Å²) >= 11 is 5.09. The first-order chi connectivity index (χ1) is 19.0. The minimum Gasteiger partial charge on any atom is -0.494 e. The number of hydrogen-bond acceptors (Lipinski definition) is 6. The normalized spacial score (nSPS) is 13.7. The number of amides is 2. The number of thiazole rings is 1. The molecular weight excluding hydrogens is 576 g/mol. The third kappa shape index (κ3) is 7.67. The van der Waals surface area contributed by atoms with E-state index < -0.39 is 0 Å². The maximum absolute atomic E-state index is 12.4. The fourth-order valence-electron chi connectivity index (χ4n) is 4.27. The van der Waals surface area contributed by atoms with Crippen LogP contribution in [0.3, 0.4) is 0 Å². The summed E-state index contributed by atoms with van der Waals surface area (Å²) in [5.74, 6) is 0.874. The molecule has 0 saturated carbocycles. The molecule has 7 nitrogen and oxygen atoms in total. The highest BCUT2D eigenvalue weighted by atomic mass is 79.9. The summed E-state index contributed by atoms with van der Waals surface area (Å²) in [6, 6.07) is 21.3. The van der Waals surface area contributed by atoms with Crippen molar-refractivity contribution in [1.82, 2.24) is 9.88 Å². The van der Waals surface area contributed by atoms with Crippen LogP contribution in [0.15, 0.2) is 76.6 Å². The third-order valence-corrected chi connectivity index (χ3v) is 7.96. The maximum Gasteiger partial charge on any atom is 0.323 e. The number of nitrogens with one attached hydrogen (secondary N) is 2. The van der Waals surface area contributed by atoms with Crippen LogP contribution < -0.4 is 15.4 Å². The van der Waals surface area contributed by atoms with E-state index in [0.717, 1.165) is 76.9 Å². The number of anilines is 2. The summed E-state index contributed by atoms with van der Waals surface area (Å²) in [5.41, 5.74) is 5.49. The van der Waals surface area contributed by atoms with Gasteiger partial charge < -0.3 is 20.1 Å². The number of hydrogen-bond donors (Lipinski definition) is 2. The summed E-state index contributed by atoms with van der Waals surface area (Å²) in [7, 11) is 0. The Bertz CT molecular complexity index is 1390. The molecule has 1 fully saturated rings. The van der Waals surface area contributed by atoms with Gasteiger partial charge in [0.1, 0.15) is 10.8 Å². The number of nitrogens with zero attached hydrogens (tertiary/aromatic N) is 2. The molecule has 2 amide bonds. The van der Waals surface area contributed by atoms with Crippen LogP contribution in [-0.4, -0.2) is 55.4 Å². The Morgan fingerprint density at radius 1 is 1.03 bits per heavy atom. The molecule has 0 spiro atoms. The Kier molecular flexibility index (Phi) is 9.26. The minimum absolute atomic E-state index is 0.298. The molecule has 4 aromatic rings. The molecular formula is C30H31BrN4O3S. The van der Waals surface area contributed by atoms with Crippen LogP contribution in [0.5, 0.6) is 5.75 Å². The first kappa shape index (κ1) is 27.3. The van der Waals surface area contributed by atoms with E-state index in [1.165, 1.54) is 0 Å². The first-order valence-electron chi connectivity index (χ1n) is 13.0. The van der Waals surface area contributed by atoms with Gasteiger partial charge in [-0.1, -0.05) is 18.2 Å². The molecule has 2 heterocycles. The number of rotatable bonds is 9. The number of benzene rings is 3. The molecule has 0 radical (unpaired) electrons. The average molecular weight is 608 g/mol. The van der Waals surface area contributed by atoms with Crippen molar-refractivity contribution < 1.29 is 14.3 Å². The summed E-state index contributed by atoms with van der Waals surface area (Å²) in [4.78, 5) is 19.7. The summed E-state index contributed by atoms with van der Waals surface area (Å²) in [6.45, 7) is 7.42. The zero-order valence-corrected chi connectivity index (χ0v) is 24.2. The van der Waals surface area contributed by atoms with E-state index in [2.05, 4.69) is 49.0 Å². The zero-order valence-electron chi connectivity index (χ0n) is 21.8. The number of halogens is 1. The predicted molar refractivity (Wildman–Crippen MR) is 162 cm³/mol. The first-order valence-corrected chi connectivity index (χ1v) is 14.6. The van der Waals surface area contributed by atoms with Crippen LogP contribution >= 0.6 is 27.3 Å². The lowest BCUT2D eigenvalue weighted by molar-refractivity contribution is 0.0358. The molecule has 5 rings (SSSR count). The lowest BCUT2D eigenvalue weighted by atomic mass is 10.1. The van der Waals surface area contributed by atoms with E-state index in [1.54, 1.807) is 11.3 Å². The molecule has 1 aromatic heterocycles. The molecule has 9 heteroatoms. The van der Waals surface area contributed by atoms with Gasteiger partial charge in [0.25, 0.3) is 0 Å². The molecule has 1 aliphatic rings. The highest BCUT2D eigenvalue weighted by Crippen LogP contribution is 2.31. The Labute approximate surface area is 241 Å². The van der Waals surface area contributed by atoms with E-state index >= 15 is 0 Å². The number of carbonyl (C=O) groups excluding carboxylic acids is 1. The SMILES string of the molecule is Cc1ccc(NC(=O)Nc2ccc(-c3csc(-c4ccc(OCCCN5CCOCC5)cc4)n3)cc2)c(Br)c1. The van der Waals surface area contributed by atoms with Gasteiger partial charge in [-0.15, -0.1) is 11.3 Å². The highest BCUT2D eigenvalue weighted by Gasteiger charge is 2.11. The van der Waals surface area contributed by atoms with Crippen LogP contribution in [0.4, 0.5) is 16.2 Å². The minimum atomic E-state index is -0.298. The van der Waals surface area contributed by atoms with Gasteiger partial charge in [0.15, 0.2) is 0 Å². The lowest BCUT2D eigenvalue weighted by Crippen LogP contribution is -2.37. The van der Waals surface area contributed by atoms with Crippen LogP contribution in [0.25, 0.3) is 21.8 Å². The quantitative estimate of drug-likeness (QED) is 0.196. The molecule has 3 aromatic carbocycles. The standard InChI is InChI=1S/C30H31BrN4O3S/c1-21-3-12-27(26(31)19-21)34-30(36)32-24-8-4-22(5-9-24)28-20-39-29(33-28)23-6-10-25(11-7-23)38-16-2-13-35-14-17-37-18-15-35/h3-12,19-20H,2,13-18H2,1H3,(H2,32,34,36). The van der Waals surface area contributed by atoms with Gasteiger partial charge in [-0.05, 0) is 83.4 Å². The Balaban J connectivity index is 1.12. The monoisotopic (exact) mass is 606 g/mol. The maximum atomic E-state index is 12.4. The van der Waals surface area contributed by atoms with Crippen molar-refractivity contribution in [2.24, 2.45) is 0 Å². The van der Waals surface area contributed by atoms with Crippen molar-refractivity contribution in [3.05, 3.63) is 82.1 Å². The smallest absolute Gasteiger partial charge is 0.323 e. The molecule has 1 aliphatic heterocycles. The number of aromatic nitrogens is 1. The molecule has 2 N–H and O–H groups in total. The van der Waals surface area contributed by atoms with Crippen LogP contribution in [0.2, 0.25) is 0 Å². The van der Waals surface area contributed by atoms with E-state index in [-0.39, 0.29) is 6.03 Å². The number of carbonyl (C=O) groups is 1. The molecule has 0 atom stereocenters. The van der Waals surface area contributed by atoms with Gasteiger partial charge in [-0.2, -0.15) is 0 Å².